The van der Waals surface area contributed by atoms with Gasteiger partial charge < -0.3 is 15.5 Å². The van der Waals surface area contributed by atoms with Crippen molar-refractivity contribution in [2.75, 3.05) is 6.54 Å². The summed E-state index contributed by atoms with van der Waals surface area (Å²) in [6.07, 6.45) is 4.36. The van der Waals surface area contributed by atoms with E-state index in [1.807, 2.05) is 0 Å². The molecule has 0 aromatic carbocycles. The molecule has 5 nitrogen and oxygen atoms in total. The van der Waals surface area contributed by atoms with E-state index in [0.717, 1.165) is 25.7 Å². The predicted octanol–water partition coefficient (Wildman–Crippen LogP) is 0.764. The highest BCUT2D eigenvalue weighted by molar-refractivity contribution is 5.85. The third kappa shape index (κ3) is 3.02. The normalized spacial score (nSPS) is 35.6. The number of carboxylic acids is 1. The number of carbonyl (C=O) groups excluding carboxylic acids is 1. The Morgan fingerprint density at radius 1 is 1.11 bits per heavy atom. The molecule has 18 heavy (non-hydrogen) atoms. The minimum absolute atomic E-state index is 0.124. The van der Waals surface area contributed by atoms with E-state index in [9.17, 15) is 14.7 Å². The summed E-state index contributed by atoms with van der Waals surface area (Å²) in [6, 6.07) is 0. The molecule has 0 bridgehead atoms. The van der Waals surface area contributed by atoms with E-state index in [0.29, 0.717) is 25.3 Å². The van der Waals surface area contributed by atoms with Crippen molar-refractivity contribution in [3.8, 4) is 0 Å². The minimum Gasteiger partial charge on any atom is -0.481 e. The fourth-order valence-corrected chi connectivity index (χ4v) is 3.18. The molecule has 4 atom stereocenters. The summed E-state index contributed by atoms with van der Waals surface area (Å²) in [5.74, 6) is -1.52. The van der Waals surface area contributed by atoms with Crippen molar-refractivity contribution in [2.45, 2.75) is 44.6 Å². The minimum atomic E-state index is -0.857. The lowest BCUT2D eigenvalue weighted by Crippen LogP contribution is -2.37. The average Bonchev–Trinajstić information content (AvgIpc) is 2.94. The largest absolute Gasteiger partial charge is 0.481 e. The number of nitrogens with one attached hydrogen (secondary N) is 1. The van der Waals surface area contributed by atoms with E-state index in [1.165, 1.54) is 0 Å². The van der Waals surface area contributed by atoms with Gasteiger partial charge in [-0.1, -0.05) is 6.42 Å². The van der Waals surface area contributed by atoms with Gasteiger partial charge in [0.2, 0.25) is 5.91 Å². The van der Waals surface area contributed by atoms with Gasteiger partial charge in [0.15, 0.2) is 0 Å². The van der Waals surface area contributed by atoms with Crippen LogP contribution in [0.15, 0.2) is 0 Å². The van der Waals surface area contributed by atoms with E-state index in [1.54, 1.807) is 0 Å². The van der Waals surface area contributed by atoms with Crippen LogP contribution in [-0.4, -0.2) is 34.7 Å². The van der Waals surface area contributed by atoms with Gasteiger partial charge in [-0.3, -0.25) is 9.59 Å². The molecule has 0 spiro atoms. The second kappa shape index (κ2) is 5.69. The van der Waals surface area contributed by atoms with Crippen LogP contribution in [0.1, 0.15) is 38.5 Å². The molecule has 2 rings (SSSR count). The number of aliphatic hydroxyl groups excluding tert-OH is 1. The molecule has 5 heteroatoms. The quantitative estimate of drug-likeness (QED) is 0.692. The van der Waals surface area contributed by atoms with Gasteiger partial charge in [0.05, 0.1) is 17.9 Å². The van der Waals surface area contributed by atoms with Crippen LogP contribution < -0.4 is 5.32 Å². The smallest absolute Gasteiger partial charge is 0.307 e. The van der Waals surface area contributed by atoms with Gasteiger partial charge in [0.25, 0.3) is 0 Å². The molecule has 4 unspecified atom stereocenters. The zero-order valence-electron chi connectivity index (χ0n) is 10.5. The maximum atomic E-state index is 12.0. The molecule has 3 N–H and O–H groups in total. The molecule has 0 aromatic rings. The van der Waals surface area contributed by atoms with E-state index in [2.05, 4.69) is 5.32 Å². The molecule has 2 saturated carbocycles. The van der Waals surface area contributed by atoms with Crippen LogP contribution >= 0.6 is 0 Å². The number of hydrogen-bond donors (Lipinski definition) is 3. The lowest BCUT2D eigenvalue weighted by Gasteiger charge is -2.17. The van der Waals surface area contributed by atoms with Crippen LogP contribution in [0, 0.1) is 17.8 Å². The number of aliphatic carboxylic acids is 1. The first-order chi connectivity index (χ1) is 8.58. The van der Waals surface area contributed by atoms with Gasteiger partial charge in [-0.05, 0) is 38.0 Å². The van der Waals surface area contributed by atoms with Crippen LogP contribution in [0.3, 0.4) is 0 Å². The molecule has 102 valence electrons. The highest BCUT2D eigenvalue weighted by Gasteiger charge is 2.37. The molecule has 2 aliphatic carbocycles. The van der Waals surface area contributed by atoms with Crippen LogP contribution in [0.5, 0.6) is 0 Å². The summed E-state index contributed by atoms with van der Waals surface area (Å²) >= 11 is 0. The van der Waals surface area contributed by atoms with E-state index >= 15 is 0 Å². The van der Waals surface area contributed by atoms with Crippen molar-refractivity contribution in [3.05, 3.63) is 0 Å². The number of aliphatic hydroxyl groups is 1. The first-order valence-corrected chi connectivity index (χ1v) is 6.76. The van der Waals surface area contributed by atoms with E-state index in [4.69, 9.17) is 5.11 Å². The van der Waals surface area contributed by atoms with Crippen molar-refractivity contribution < 1.29 is 19.8 Å². The van der Waals surface area contributed by atoms with Gasteiger partial charge >= 0.3 is 5.97 Å². The number of hydrogen-bond acceptors (Lipinski definition) is 3. The SMILES string of the molecule is O=C(O)C1CCCC1C(=O)NCC1CCC(O)C1. The third-order valence-corrected chi connectivity index (χ3v) is 4.25. The molecule has 0 aromatic heterocycles. The van der Waals surface area contributed by atoms with Crippen molar-refractivity contribution >= 4 is 11.9 Å². The number of rotatable bonds is 4. The fourth-order valence-electron chi connectivity index (χ4n) is 3.18. The molecule has 2 aliphatic rings. The molecule has 1 amide bonds. The van der Waals surface area contributed by atoms with Gasteiger partial charge in [0.1, 0.15) is 0 Å². The summed E-state index contributed by atoms with van der Waals surface area (Å²) in [6.45, 7) is 0.568. The Morgan fingerprint density at radius 3 is 2.44 bits per heavy atom. The van der Waals surface area contributed by atoms with Crippen LogP contribution in [0.25, 0.3) is 0 Å². The molecule has 0 radical (unpaired) electrons. The molecular formula is C13H21NO4. The summed E-state index contributed by atoms with van der Waals surface area (Å²) in [5.41, 5.74) is 0. The highest BCUT2D eigenvalue weighted by atomic mass is 16.4. The Labute approximate surface area is 107 Å². The second-order valence-corrected chi connectivity index (χ2v) is 5.56. The fraction of sp³-hybridized carbons (Fsp3) is 0.846. The zero-order chi connectivity index (χ0) is 13.1. The molecular weight excluding hydrogens is 234 g/mol. The topological polar surface area (TPSA) is 86.6 Å². The number of carbonyl (C=O) groups is 2. The van der Waals surface area contributed by atoms with Crippen molar-refractivity contribution in [1.82, 2.24) is 5.32 Å². The molecule has 0 heterocycles. The Hall–Kier alpha value is -1.10. The third-order valence-electron chi connectivity index (χ3n) is 4.25. The van der Waals surface area contributed by atoms with Gasteiger partial charge in [0, 0.05) is 6.54 Å². The van der Waals surface area contributed by atoms with Gasteiger partial charge in [-0.25, -0.2) is 0 Å². The maximum Gasteiger partial charge on any atom is 0.307 e. The van der Waals surface area contributed by atoms with Crippen LogP contribution in [0.4, 0.5) is 0 Å². The number of carboxylic acid groups (broad SMARTS) is 1. The highest BCUT2D eigenvalue weighted by Crippen LogP contribution is 2.32. The Bertz CT molecular complexity index is 331. The van der Waals surface area contributed by atoms with Crippen LogP contribution in [-0.2, 0) is 9.59 Å². The van der Waals surface area contributed by atoms with Gasteiger partial charge in [-0.15, -0.1) is 0 Å². The summed E-state index contributed by atoms with van der Waals surface area (Å²) in [4.78, 5) is 23.0. The van der Waals surface area contributed by atoms with E-state index in [-0.39, 0.29) is 17.9 Å². The first kappa shape index (κ1) is 13.3. The Balaban J connectivity index is 1.79. The molecule has 2 fully saturated rings. The molecule has 0 aliphatic heterocycles. The lowest BCUT2D eigenvalue weighted by atomic mass is 9.95. The predicted molar refractivity (Wildman–Crippen MR) is 64.8 cm³/mol. The van der Waals surface area contributed by atoms with Crippen molar-refractivity contribution in [3.63, 3.8) is 0 Å². The number of amides is 1. The maximum absolute atomic E-state index is 12.0. The van der Waals surface area contributed by atoms with Crippen LogP contribution in [0.2, 0.25) is 0 Å². The Morgan fingerprint density at radius 2 is 1.83 bits per heavy atom. The van der Waals surface area contributed by atoms with Crippen molar-refractivity contribution in [2.24, 2.45) is 17.8 Å². The van der Waals surface area contributed by atoms with E-state index < -0.39 is 11.9 Å². The van der Waals surface area contributed by atoms with Crippen molar-refractivity contribution in [1.29, 1.82) is 0 Å². The summed E-state index contributed by atoms with van der Waals surface area (Å²) < 4.78 is 0. The summed E-state index contributed by atoms with van der Waals surface area (Å²) in [7, 11) is 0. The lowest BCUT2D eigenvalue weighted by molar-refractivity contribution is -0.146. The Kier molecular flexibility index (Phi) is 4.22. The molecule has 0 saturated heterocycles. The zero-order valence-corrected chi connectivity index (χ0v) is 10.5. The first-order valence-electron chi connectivity index (χ1n) is 6.76. The second-order valence-electron chi connectivity index (χ2n) is 5.56. The summed E-state index contributed by atoms with van der Waals surface area (Å²) in [5, 5.41) is 21.3. The average molecular weight is 255 g/mol. The van der Waals surface area contributed by atoms with Gasteiger partial charge in [-0.2, -0.15) is 0 Å². The standard InChI is InChI=1S/C13H21NO4/c15-9-5-4-8(6-9)7-14-12(16)10-2-1-3-11(10)13(17)18/h8-11,15H,1-7H2,(H,14,16)(H,17,18). The monoisotopic (exact) mass is 255 g/mol.